The summed E-state index contributed by atoms with van der Waals surface area (Å²) in [5.74, 6) is -1.32. The van der Waals surface area contributed by atoms with E-state index in [1.54, 1.807) is 0 Å². The summed E-state index contributed by atoms with van der Waals surface area (Å²) in [4.78, 5) is 13.2. The number of ether oxygens (including phenoxy) is 1. The second-order valence-corrected chi connectivity index (χ2v) is 12.8. The van der Waals surface area contributed by atoms with Gasteiger partial charge in [0.2, 0.25) is 26.0 Å². The van der Waals surface area contributed by atoms with Gasteiger partial charge in [0.25, 0.3) is 0 Å². The molecule has 2 aromatic carbocycles. The van der Waals surface area contributed by atoms with Crippen LogP contribution in [0.3, 0.4) is 0 Å². The largest absolute Gasteiger partial charge is 0.495 e. The van der Waals surface area contributed by atoms with Gasteiger partial charge in [0.15, 0.2) is 0 Å². The molecule has 2 aliphatic heterocycles. The SMILES string of the molecule is COc1ccc(S(=O)(=O)N2CCCCC2)cc1NC(=O)[C@H]1CCCN(S(=O)(=O)c2ccc(F)cc2)C1. The number of hydrogen-bond acceptors (Lipinski definition) is 6. The quantitative estimate of drug-likeness (QED) is 0.579. The van der Waals surface area contributed by atoms with E-state index >= 15 is 0 Å². The van der Waals surface area contributed by atoms with Crippen molar-refractivity contribution in [2.75, 3.05) is 38.6 Å². The van der Waals surface area contributed by atoms with E-state index < -0.39 is 37.7 Å². The molecule has 0 spiro atoms. The second-order valence-electron chi connectivity index (χ2n) is 8.97. The number of piperidine rings is 2. The monoisotopic (exact) mass is 539 g/mol. The summed E-state index contributed by atoms with van der Waals surface area (Å²) in [6.45, 7) is 1.11. The van der Waals surface area contributed by atoms with Crippen LogP contribution in [0, 0.1) is 11.7 Å². The predicted molar refractivity (Wildman–Crippen MR) is 132 cm³/mol. The molecule has 0 bridgehead atoms. The molecule has 2 fully saturated rings. The van der Waals surface area contributed by atoms with Gasteiger partial charge >= 0.3 is 0 Å². The molecule has 0 unspecified atom stereocenters. The predicted octanol–water partition coefficient (Wildman–Crippen LogP) is 3.05. The zero-order valence-corrected chi connectivity index (χ0v) is 21.7. The Balaban J connectivity index is 1.52. The normalized spacial score (nSPS) is 20.1. The lowest BCUT2D eigenvalue weighted by atomic mass is 9.98. The van der Waals surface area contributed by atoms with Gasteiger partial charge in [0.05, 0.1) is 28.5 Å². The molecule has 1 N–H and O–H groups in total. The fraction of sp³-hybridized carbons (Fsp3) is 0.458. The van der Waals surface area contributed by atoms with Crippen LogP contribution >= 0.6 is 0 Å². The van der Waals surface area contributed by atoms with Crippen LogP contribution in [-0.2, 0) is 24.8 Å². The van der Waals surface area contributed by atoms with E-state index in [0.29, 0.717) is 31.7 Å². The Hall–Kier alpha value is -2.54. The van der Waals surface area contributed by atoms with Gasteiger partial charge in [-0.15, -0.1) is 0 Å². The Kier molecular flexibility index (Phi) is 7.98. The Bertz CT molecular complexity index is 1310. The van der Waals surface area contributed by atoms with Gasteiger partial charge in [-0.25, -0.2) is 21.2 Å². The maximum Gasteiger partial charge on any atom is 0.243 e. The van der Waals surface area contributed by atoms with E-state index in [0.717, 1.165) is 31.4 Å². The first kappa shape index (κ1) is 26.5. The lowest BCUT2D eigenvalue weighted by molar-refractivity contribution is -0.120. The highest BCUT2D eigenvalue weighted by Gasteiger charge is 2.34. The van der Waals surface area contributed by atoms with Crippen LogP contribution in [0.25, 0.3) is 0 Å². The van der Waals surface area contributed by atoms with Crippen molar-refractivity contribution in [3.05, 3.63) is 48.3 Å². The average molecular weight is 540 g/mol. The maximum absolute atomic E-state index is 13.2. The van der Waals surface area contributed by atoms with E-state index in [-0.39, 0.29) is 28.6 Å². The molecule has 12 heteroatoms. The van der Waals surface area contributed by atoms with Gasteiger partial charge in [0, 0.05) is 26.2 Å². The molecule has 0 aromatic heterocycles. The number of hydrogen-bond donors (Lipinski definition) is 1. The first-order chi connectivity index (χ1) is 17.1. The minimum Gasteiger partial charge on any atom is -0.495 e. The number of carbonyl (C=O) groups excluding carboxylic acids is 1. The van der Waals surface area contributed by atoms with Crippen molar-refractivity contribution >= 4 is 31.6 Å². The average Bonchev–Trinajstić information content (AvgIpc) is 2.89. The minimum atomic E-state index is -3.89. The van der Waals surface area contributed by atoms with E-state index in [4.69, 9.17) is 4.74 Å². The number of nitrogens with one attached hydrogen (secondary N) is 1. The van der Waals surface area contributed by atoms with Crippen LogP contribution < -0.4 is 10.1 Å². The highest BCUT2D eigenvalue weighted by atomic mass is 32.2. The summed E-state index contributed by atoms with van der Waals surface area (Å²) in [5, 5.41) is 2.75. The molecule has 2 heterocycles. The Morgan fingerprint density at radius 1 is 0.889 bits per heavy atom. The number of sulfonamides is 2. The van der Waals surface area contributed by atoms with Gasteiger partial charge in [-0.1, -0.05) is 6.42 Å². The number of rotatable bonds is 7. The van der Waals surface area contributed by atoms with Crippen molar-refractivity contribution in [2.24, 2.45) is 5.92 Å². The second kappa shape index (κ2) is 10.8. The topological polar surface area (TPSA) is 113 Å². The summed E-state index contributed by atoms with van der Waals surface area (Å²) < 4.78 is 73.5. The van der Waals surface area contributed by atoms with Gasteiger partial charge < -0.3 is 10.1 Å². The van der Waals surface area contributed by atoms with Crippen LogP contribution in [0.15, 0.2) is 52.3 Å². The van der Waals surface area contributed by atoms with Gasteiger partial charge in [0.1, 0.15) is 11.6 Å². The molecular formula is C24H30FN3O6S2. The number of nitrogens with zero attached hydrogens (tertiary/aromatic N) is 2. The number of benzene rings is 2. The molecule has 0 saturated carbocycles. The van der Waals surface area contributed by atoms with Crippen LogP contribution in [-0.4, -0.2) is 64.6 Å². The molecule has 2 aromatic rings. The first-order valence-corrected chi connectivity index (χ1v) is 14.8. The smallest absolute Gasteiger partial charge is 0.243 e. The lowest BCUT2D eigenvalue weighted by Gasteiger charge is -2.31. The lowest BCUT2D eigenvalue weighted by Crippen LogP contribution is -2.43. The van der Waals surface area contributed by atoms with Crippen molar-refractivity contribution in [1.29, 1.82) is 0 Å². The summed E-state index contributed by atoms with van der Waals surface area (Å²) in [6.07, 6.45) is 3.54. The van der Waals surface area contributed by atoms with E-state index in [1.165, 1.54) is 46.1 Å². The fourth-order valence-electron chi connectivity index (χ4n) is 4.56. The van der Waals surface area contributed by atoms with Crippen molar-refractivity contribution in [2.45, 2.75) is 41.9 Å². The number of methoxy groups -OCH3 is 1. The molecular weight excluding hydrogens is 509 g/mol. The standard InChI is InChI=1S/C24H30FN3O6S2/c1-34-23-12-11-21(36(32,33)27-13-3-2-4-14-27)16-22(23)26-24(29)18-6-5-15-28(17-18)35(30,31)20-9-7-19(25)8-10-20/h7-12,16,18H,2-6,13-15,17H2,1H3,(H,26,29)/t18-/m0/s1. The molecule has 1 atom stereocenters. The molecule has 9 nitrogen and oxygen atoms in total. The van der Waals surface area contributed by atoms with Crippen LogP contribution in [0.1, 0.15) is 32.1 Å². The molecule has 196 valence electrons. The van der Waals surface area contributed by atoms with Gasteiger partial charge in [-0.3, -0.25) is 4.79 Å². The van der Waals surface area contributed by atoms with E-state index in [9.17, 15) is 26.0 Å². The van der Waals surface area contributed by atoms with Crippen molar-refractivity contribution in [3.8, 4) is 5.75 Å². The van der Waals surface area contributed by atoms with Crippen LogP contribution in [0.5, 0.6) is 5.75 Å². The summed E-state index contributed by atoms with van der Waals surface area (Å²) in [6, 6.07) is 8.91. The highest BCUT2D eigenvalue weighted by molar-refractivity contribution is 7.89. The van der Waals surface area contributed by atoms with Crippen molar-refractivity contribution < 1.29 is 30.8 Å². The Morgan fingerprint density at radius 3 is 2.17 bits per heavy atom. The maximum atomic E-state index is 13.2. The molecule has 2 aliphatic rings. The fourth-order valence-corrected chi connectivity index (χ4v) is 7.63. The van der Waals surface area contributed by atoms with Crippen molar-refractivity contribution in [3.63, 3.8) is 0 Å². The van der Waals surface area contributed by atoms with E-state index in [1.807, 2.05) is 0 Å². The molecule has 4 rings (SSSR count). The number of amides is 1. The first-order valence-electron chi connectivity index (χ1n) is 11.9. The molecule has 0 aliphatic carbocycles. The van der Waals surface area contributed by atoms with Crippen molar-refractivity contribution in [1.82, 2.24) is 8.61 Å². The molecule has 36 heavy (non-hydrogen) atoms. The van der Waals surface area contributed by atoms with Crippen LogP contribution in [0.2, 0.25) is 0 Å². The number of carbonyl (C=O) groups is 1. The minimum absolute atomic E-state index is 0.0396. The number of anilines is 1. The summed E-state index contributed by atoms with van der Waals surface area (Å²) >= 11 is 0. The van der Waals surface area contributed by atoms with Crippen LogP contribution in [0.4, 0.5) is 10.1 Å². The molecule has 0 radical (unpaired) electrons. The third-order valence-corrected chi connectivity index (χ3v) is 10.4. The number of halogens is 1. The van der Waals surface area contributed by atoms with Gasteiger partial charge in [-0.2, -0.15) is 8.61 Å². The zero-order valence-electron chi connectivity index (χ0n) is 20.0. The van der Waals surface area contributed by atoms with E-state index in [2.05, 4.69) is 5.32 Å². The third kappa shape index (κ3) is 5.56. The molecule has 1 amide bonds. The summed E-state index contributed by atoms with van der Waals surface area (Å²) in [5.41, 5.74) is 0.207. The third-order valence-electron chi connectivity index (χ3n) is 6.59. The Morgan fingerprint density at radius 2 is 1.50 bits per heavy atom. The highest BCUT2D eigenvalue weighted by Crippen LogP contribution is 2.31. The van der Waals surface area contributed by atoms with Gasteiger partial charge in [-0.05, 0) is 68.1 Å². The molecule has 2 saturated heterocycles. The summed E-state index contributed by atoms with van der Waals surface area (Å²) in [7, 11) is -6.19. The Labute approximate surface area is 211 Å². The zero-order chi connectivity index (χ0) is 25.9.